The first-order valence-corrected chi connectivity index (χ1v) is 5.31. The van der Waals surface area contributed by atoms with Gasteiger partial charge in [-0.2, -0.15) is 0 Å². The van der Waals surface area contributed by atoms with E-state index < -0.39 is 11.6 Å². The summed E-state index contributed by atoms with van der Waals surface area (Å²) in [5.74, 6) is -0.113. The lowest BCUT2D eigenvalue weighted by Crippen LogP contribution is -2.34. The SMILES string of the molecule is CCCC(CC)COC(=O)C(C)(C)O. The van der Waals surface area contributed by atoms with E-state index in [-0.39, 0.29) is 0 Å². The van der Waals surface area contributed by atoms with Crippen LogP contribution in [0.3, 0.4) is 0 Å². The lowest BCUT2D eigenvalue weighted by atomic mass is 10.0. The molecular weight excluding hydrogens is 180 g/mol. The fourth-order valence-corrected chi connectivity index (χ4v) is 1.18. The highest BCUT2D eigenvalue weighted by Crippen LogP contribution is 2.13. The van der Waals surface area contributed by atoms with Gasteiger partial charge in [0.15, 0.2) is 5.60 Å². The zero-order valence-corrected chi connectivity index (χ0v) is 9.67. The quantitative estimate of drug-likeness (QED) is 0.671. The highest BCUT2D eigenvalue weighted by molar-refractivity contribution is 5.78. The summed E-state index contributed by atoms with van der Waals surface area (Å²) in [5.41, 5.74) is -1.37. The first kappa shape index (κ1) is 13.4. The molecule has 1 atom stereocenters. The maximum absolute atomic E-state index is 11.2. The zero-order chi connectivity index (χ0) is 11.2. The molecule has 0 aliphatic carbocycles. The first-order chi connectivity index (χ1) is 6.41. The Bertz CT molecular complexity index is 170. The molecular formula is C11H22O3. The van der Waals surface area contributed by atoms with E-state index in [9.17, 15) is 9.90 Å². The maximum Gasteiger partial charge on any atom is 0.337 e. The van der Waals surface area contributed by atoms with Crippen LogP contribution in [0, 0.1) is 5.92 Å². The van der Waals surface area contributed by atoms with Gasteiger partial charge in [0.1, 0.15) is 0 Å². The summed E-state index contributed by atoms with van der Waals surface area (Å²) < 4.78 is 5.02. The predicted octanol–water partition coefficient (Wildman–Crippen LogP) is 2.13. The smallest absolute Gasteiger partial charge is 0.337 e. The zero-order valence-electron chi connectivity index (χ0n) is 9.67. The van der Waals surface area contributed by atoms with Crippen LogP contribution in [0.2, 0.25) is 0 Å². The molecule has 1 unspecified atom stereocenters. The molecule has 0 radical (unpaired) electrons. The number of aliphatic hydroxyl groups is 1. The third-order valence-electron chi connectivity index (χ3n) is 2.22. The average molecular weight is 202 g/mol. The minimum Gasteiger partial charge on any atom is -0.463 e. The van der Waals surface area contributed by atoms with Gasteiger partial charge in [-0.3, -0.25) is 0 Å². The second kappa shape index (κ2) is 6.02. The second-order valence-corrected chi connectivity index (χ2v) is 4.22. The van der Waals surface area contributed by atoms with Crippen LogP contribution in [0.5, 0.6) is 0 Å². The van der Waals surface area contributed by atoms with Crippen LogP contribution in [0.1, 0.15) is 47.0 Å². The van der Waals surface area contributed by atoms with Crippen molar-refractivity contribution in [3.63, 3.8) is 0 Å². The number of rotatable bonds is 6. The van der Waals surface area contributed by atoms with Crippen molar-refractivity contribution in [2.75, 3.05) is 6.61 Å². The molecule has 14 heavy (non-hydrogen) atoms. The summed E-state index contributed by atoms with van der Waals surface area (Å²) in [5, 5.41) is 9.33. The van der Waals surface area contributed by atoms with Crippen LogP contribution in [-0.2, 0) is 9.53 Å². The molecule has 0 bridgehead atoms. The molecule has 0 aromatic heterocycles. The molecule has 3 nitrogen and oxygen atoms in total. The van der Waals surface area contributed by atoms with E-state index in [0.29, 0.717) is 12.5 Å². The van der Waals surface area contributed by atoms with Gasteiger partial charge in [0.2, 0.25) is 0 Å². The lowest BCUT2D eigenvalue weighted by molar-refractivity contribution is -0.163. The Morgan fingerprint density at radius 2 is 2.00 bits per heavy atom. The van der Waals surface area contributed by atoms with Gasteiger partial charge in [0.05, 0.1) is 6.61 Å². The van der Waals surface area contributed by atoms with Gasteiger partial charge in [-0.05, 0) is 26.2 Å². The van der Waals surface area contributed by atoms with E-state index in [2.05, 4.69) is 13.8 Å². The molecule has 84 valence electrons. The molecule has 0 aliphatic heterocycles. The summed E-state index contributed by atoms with van der Waals surface area (Å²) in [6.45, 7) is 7.50. The minimum atomic E-state index is -1.37. The first-order valence-electron chi connectivity index (χ1n) is 5.31. The molecule has 0 amide bonds. The Kier molecular flexibility index (Phi) is 5.77. The van der Waals surface area contributed by atoms with Crippen molar-refractivity contribution in [2.45, 2.75) is 52.6 Å². The Morgan fingerprint density at radius 1 is 1.43 bits per heavy atom. The number of hydrogen-bond donors (Lipinski definition) is 1. The summed E-state index contributed by atoms with van der Waals surface area (Å²) in [7, 11) is 0. The van der Waals surface area contributed by atoms with Gasteiger partial charge >= 0.3 is 5.97 Å². The van der Waals surface area contributed by atoms with Crippen molar-refractivity contribution in [2.24, 2.45) is 5.92 Å². The number of carbonyl (C=O) groups is 1. The van der Waals surface area contributed by atoms with Crippen molar-refractivity contribution in [3.05, 3.63) is 0 Å². The molecule has 0 fully saturated rings. The van der Waals surface area contributed by atoms with Crippen LogP contribution >= 0.6 is 0 Å². The summed E-state index contributed by atoms with van der Waals surface area (Å²) in [6, 6.07) is 0. The average Bonchev–Trinajstić information content (AvgIpc) is 2.10. The Balaban J connectivity index is 3.85. The van der Waals surface area contributed by atoms with Gasteiger partial charge in [0, 0.05) is 0 Å². The van der Waals surface area contributed by atoms with E-state index in [1.807, 2.05) is 0 Å². The van der Waals surface area contributed by atoms with E-state index >= 15 is 0 Å². The van der Waals surface area contributed by atoms with E-state index in [0.717, 1.165) is 19.3 Å². The van der Waals surface area contributed by atoms with Crippen LogP contribution in [0.15, 0.2) is 0 Å². The molecule has 0 aromatic carbocycles. The van der Waals surface area contributed by atoms with Crippen molar-refractivity contribution in [1.29, 1.82) is 0 Å². The van der Waals surface area contributed by atoms with Crippen LogP contribution in [0.4, 0.5) is 0 Å². The number of hydrogen-bond acceptors (Lipinski definition) is 3. The minimum absolute atomic E-state index is 0.422. The summed E-state index contributed by atoms with van der Waals surface area (Å²) in [6.07, 6.45) is 3.17. The van der Waals surface area contributed by atoms with Gasteiger partial charge < -0.3 is 9.84 Å². The molecule has 0 rings (SSSR count). The lowest BCUT2D eigenvalue weighted by Gasteiger charge is -2.19. The molecule has 0 heterocycles. The van der Waals surface area contributed by atoms with Crippen LogP contribution < -0.4 is 0 Å². The topological polar surface area (TPSA) is 46.5 Å². The largest absolute Gasteiger partial charge is 0.463 e. The molecule has 3 heteroatoms. The summed E-state index contributed by atoms with van der Waals surface area (Å²) in [4.78, 5) is 11.2. The monoisotopic (exact) mass is 202 g/mol. The van der Waals surface area contributed by atoms with Crippen molar-refractivity contribution in [3.8, 4) is 0 Å². The van der Waals surface area contributed by atoms with Crippen LogP contribution in [-0.4, -0.2) is 23.3 Å². The Labute approximate surface area is 86.5 Å². The predicted molar refractivity (Wildman–Crippen MR) is 55.9 cm³/mol. The fourth-order valence-electron chi connectivity index (χ4n) is 1.18. The number of carbonyl (C=O) groups excluding carboxylic acids is 1. The van der Waals surface area contributed by atoms with Crippen molar-refractivity contribution >= 4 is 5.97 Å². The van der Waals surface area contributed by atoms with Gasteiger partial charge in [0.25, 0.3) is 0 Å². The Morgan fingerprint density at radius 3 is 2.36 bits per heavy atom. The van der Waals surface area contributed by atoms with Crippen LogP contribution in [0.25, 0.3) is 0 Å². The standard InChI is InChI=1S/C11H22O3/c1-5-7-9(6-2)8-14-10(12)11(3,4)13/h9,13H,5-8H2,1-4H3. The summed E-state index contributed by atoms with van der Waals surface area (Å²) >= 11 is 0. The highest BCUT2D eigenvalue weighted by Gasteiger charge is 2.26. The van der Waals surface area contributed by atoms with Gasteiger partial charge in [-0.15, -0.1) is 0 Å². The third-order valence-corrected chi connectivity index (χ3v) is 2.22. The van der Waals surface area contributed by atoms with E-state index in [1.54, 1.807) is 0 Å². The van der Waals surface area contributed by atoms with Crippen molar-refractivity contribution < 1.29 is 14.6 Å². The Hall–Kier alpha value is -0.570. The normalized spacial score (nSPS) is 13.8. The second-order valence-electron chi connectivity index (χ2n) is 4.22. The molecule has 0 spiro atoms. The van der Waals surface area contributed by atoms with E-state index in [1.165, 1.54) is 13.8 Å². The number of ether oxygens (including phenoxy) is 1. The molecule has 0 saturated carbocycles. The molecule has 0 aromatic rings. The highest BCUT2D eigenvalue weighted by atomic mass is 16.5. The number of esters is 1. The fraction of sp³-hybridized carbons (Fsp3) is 0.909. The van der Waals surface area contributed by atoms with E-state index in [4.69, 9.17) is 4.74 Å². The molecule has 0 saturated heterocycles. The van der Waals surface area contributed by atoms with Gasteiger partial charge in [-0.1, -0.05) is 26.7 Å². The third kappa shape index (κ3) is 5.22. The van der Waals surface area contributed by atoms with Gasteiger partial charge in [-0.25, -0.2) is 4.79 Å². The maximum atomic E-state index is 11.2. The van der Waals surface area contributed by atoms with Crippen molar-refractivity contribution in [1.82, 2.24) is 0 Å². The molecule has 1 N–H and O–H groups in total. The molecule has 0 aliphatic rings.